The van der Waals surface area contributed by atoms with E-state index < -0.39 is 14.8 Å². The Morgan fingerprint density at radius 2 is 1.82 bits per heavy atom. The number of benzene rings is 2. The van der Waals surface area contributed by atoms with E-state index in [-0.39, 0.29) is 10.6 Å². The summed E-state index contributed by atoms with van der Waals surface area (Å²) in [4.78, 5) is 10.4. The van der Waals surface area contributed by atoms with Crippen LogP contribution in [0.15, 0.2) is 47.4 Å². The van der Waals surface area contributed by atoms with Crippen LogP contribution in [0.2, 0.25) is 5.02 Å². The van der Waals surface area contributed by atoms with Gasteiger partial charge in [0, 0.05) is 30.6 Å². The third kappa shape index (κ3) is 3.96. The van der Waals surface area contributed by atoms with E-state index in [1.807, 2.05) is 0 Å². The molecule has 116 valence electrons. The molecule has 2 aromatic carbocycles. The number of hydrogen-bond acceptors (Lipinski definition) is 5. The predicted molar refractivity (Wildman–Crippen MR) is 85.0 cm³/mol. The number of nitrogens with one attached hydrogen (secondary N) is 1. The number of rotatable bonds is 5. The van der Waals surface area contributed by atoms with Gasteiger partial charge in [0.1, 0.15) is 0 Å². The topological polar surface area (TPSA) is 89.3 Å². The Balaban J connectivity index is 2.09. The second-order valence-electron chi connectivity index (χ2n) is 4.68. The van der Waals surface area contributed by atoms with E-state index in [9.17, 15) is 18.5 Å². The molecular formula is C14H13ClN2O4S. The van der Waals surface area contributed by atoms with Crippen molar-refractivity contribution >= 4 is 32.8 Å². The Labute approximate surface area is 132 Å². The van der Waals surface area contributed by atoms with Crippen molar-refractivity contribution in [2.75, 3.05) is 11.6 Å². The number of nitro groups is 1. The molecule has 22 heavy (non-hydrogen) atoms. The van der Waals surface area contributed by atoms with E-state index >= 15 is 0 Å². The average Bonchev–Trinajstić information content (AvgIpc) is 2.45. The Morgan fingerprint density at radius 1 is 1.18 bits per heavy atom. The maximum absolute atomic E-state index is 11.4. The molecule has 0 aromatic heterocycles. The van der Waals surface area contributed by atoms with E-state index in [1.54, 1.807) is 18.2 Å². The Kier molecular flexibility index (Phi) is 4.68. The number of nitro benzene ring substituents is 1. The molecule has 0 saturated heterocycles. The van der Waals surface area contributed by atoms with Gasteiger partial charge in [0.05, 0.1) is 14.8 Å². The number of sulfone groups is 1. The predicted octanol–water partition coefficient (Wildman–Crippen LogP) is 3.26. The number of anilines is 1. The maximum Gasteiger partial charge on any atom is 0.270 e. The van der Waals surface area contributed by atoms with Crippen LogP contribution in [-0.2, 0) is 16.4 Å². The molecule has 1 N–H and O–H groups in total. The first kappa shape index (κ1) is 16.3. The normalized spacial score (nSPS) is 11.2. The fourth-order valence-corrected chi connectivity index (χ4v) is 2.68. The standard InChI is InChI=1S/C14H13ClN2O4S/c1-22(20,21)13-6-3-11(4-7-13)16-9-10-2-5-12(17(18)19)8-14(10)15/h2-8,16H,9H2,1H3. The van der Waals surface area contributed by atoms with Crippen LogP contribution < -0.4 is 5.32 Å². The molecule has 0 radical (unpaired) electrons. The quantitative estimate of drug-likeness (QED) is 0.666. The first-order valence-corrected chi connectivity index (χ1v) is 8.51. The highest BCUT2D eigenvalue weighted by Gasteiger charge is 2.10. The number of non-ortho nitro benzene ring substituents is 1. The Morgan fingerprint density at radius 3 is 2.32 bits per heavy atom. The summed E-state index contributed by atoms with van der Waals surface area (Å²) in [5.74, 6) is 0. The minimum absolute atomic E-state index is 0.0637. The van der Waals surface area contributed by atoms with Crippen molar-refractivity contribution in [1.82, 2.24) is 0 Å². The fourth-order valence-electron chi connectivity index (χ4n) is 1.81. The smallest absolute Gasteiger partial charge is 0.270 e. The zero-order valence-electron chi connectivity index (χ0n) is 11.6. The zero-order valence-corrected chi connectivity index (χ0v) is 13.2. The van der Waals surface area contributed by atoms with Gasteiger partial charge in [-0.2, -0.15) is 0 Å². The molecule has 0 spiro atoms. The van der Waals surface area contributed by atoms with E-state index in [0.717, 1.165) is 11.9 Å². The number of hydrogen-bond donors (Lipinski definition) is 1. The highest BCUT2D eigenvalue weighted by Crippen LogP contribution is 2.23. The van der Waals surface area contributed by atoms with Crippen molar-refractivity contribution in [3.63, 3.8) is 0 Å². The molecule has 0 aliphatic heterocycles. The SMILES string of the molecule is CS(=O)(=O)c1ccc(NCc2ccc([N+](=O)[O-])cc2Cl)cc1. The molecule has 0 aliphatic rings. The first-order valence-electron chi connectivity index (χ1n) is 6.24. The molecule has 2 rings (SSSR count). The molecule has 2 aromatic rings. The maximum atomic E-state index is 11.4. The summed E-state index contributed by atoms with van der Waals surface area (Å²) in [6.07, 6.45) is 1.14. The zero-order chi connectivity index (χ0) is 16.3. The van der Waals surface area contributed by atoms with E-state index in [1.165, 1.54) is 24.3 Å². The van der Waals surface area contributed by atoms with Crippen molar-refractivity contribution in [1.29, 1.82) is 0 Å². The summed E-state index contributed by atoms with van der Waals surface area (Å²) in [5.41, 5.74) is 1.37. The van der Waals surface area contributed by atoms with E-state index in [2.05, 4.69) is 5.32 Å². The lowest BCUT2D eigenvalue weighted by molar-refractivity contribution is -0.384. The van der Waals surface area contributed by atoms with Crippen molar-refractivity contribution < 1.29 is 13.3 Å². The molecule has 0 bridgehead atoms. The highest BCUT2D eigenvalue weighted by molar-refractivity contribution is 7.90. The van der Waals surface area contributed by atoms with Gasteiger partial charge in [0.2, 0.25) is 0 Å². The van der Waals surface area contributed by atoms with Crippen molar-refractivity contribution in [2.24, 2.45) is 0 Å². The van der Waals surface area contributed by atoms with Gasteiger partial charge in [-0.3, -0.25) is 10.1 Å². The second-order valence-corrected chi connectivity index (χ2v) is 7.11. The monoisotopic (exact) mass is 340 g/mol. The van der Waals surface area contributed by atoms with Gasteiger partial charge in [0.15, 0.2) is 9.84 Å². The lowest BCUT2D eigenvalue weighted by Crippen LogP contribution is -2.02. The van der Waals surface area contributed by atoms with Gasteiger partial charge < -0.3 is 5.32 Å². The fraction of sp³-hybridized carbons (Fsp3) is 0.143. The van der Waals surface area contributed by atoms with Crippen LogP contribution >= 0.6 is 11.6 Å². The van der Waals surface area contributed by atoms with Crippen LogP contribution in [-0.4, -0.2) is 19.6 Å². The minimum atomic E-state index is -3.22. The summed E-state index contributed by atoms with van der Waals surface area (Å²) >= 11 is 6.00. The van der Waals surface area contributed by atoms with Crippen molar-refractivity contribution in [3.8, 4) is 0 Å². The molecule has 0 unspecified atom stereocenters. The average molecular weight is 341 g/mol. The molecule has 0 fully saturated rings. The molecule has 8 heteroatoms. The van der Waals surface area contributed by atoms with Crippen LogP contribution in [0.3, 0.4) is 0 Å². The summed E-state index contributed by atoms with van der Waals surface area (Å²) in [5, 5.41) is 14.0. The van der Waals surface area contributed by atoms with Gasteiger partial charge >= 0.3 is 0 Å². The van der Waals surface area contributed by atoms with Gasteiger partial charge in [0.25, 0.3) is 5.69 Å². The van der Waals surface area contributed by atoms with Crippen LogP contribution in [0.1, 0.15) is 5.56 Å². The number of nitrogens with zero attached hydrogens (tertiary/aromatic N) is 1. The van der Waals surface area contributed by atoms with Crippen LogP contribution in [0.4, 0.5) is 11.4 Å². The largest absolute Gasteiger partial charge is 0.381 e. The van der Waals surface area contributed by atoms with Gasteiger partial charge in [-0.15, -0.1) is 0 Å². The Bertz CT molecular complexity index is 804. The number of halogens is 1. The summed E-state index contributed by atoms with van der Waals surface area (Å²) < 4.78 is 22.7. The van der Waals surface area contributed by atoms with Crippen molar-refractivity contribution in [3.05, 3.63) is 63.2 Å². The second kappa shape index (κ2) is 6.33. The van der Waals surface area contributed by atoms with E-state index in [4.69, 9.17) is 11.6 Å². The minimum Gasteiger partial charge on any atom is -0.381 e. The Hall–Kier alpha value is -2.12. The van der Waals surface area contributed by atoms with E-state index in [0.29, 0.717) is 17.1 Å². The van der Waals surface area contributed by atoms with Gasteiger partial charge in [-0.25, -0.2) is 8.42 Å². The third-order valence-electron chi connectivity index (χ3n) is 3.01. The van der Waals surface area contributed by atoms with Crippen molar-refractivity contribution in [2.45, 2.75) is 11.4 Å². The lowest BCUT2D eigenvalue weighted by Gasteiger charge is -2.08. The summed E-state index contributed by atoms with van der Waals surface area (Å²) in [7, 11) is -3.22. The molecule has 0 aliphatic carbocycles. The molecular weight excluding hydrogens is 328 g/mol. The first-order chi connectivity index (χ1) is 10.3. The molecule has 0 atom stereocenters. The summed E-state index contributed by atoms with van der Waals surface area (Å²) in [6, 6.07) is 10.6. The van der Waals surface area contributed by atoms with Gasteiger partial charge in [-0.1, -0.05) is 11.6 Å². The van der Waals surface area contributed by atoms with Crippen LogP contribution in [0, 0.1) is 10.1 Å². The summed E-state index contributed by atoms with van der Waals surface area (Å²) in [6.45, 7) is 0.370. The molecule has 0 heterocycles. The molecule has 6 nitrogen and oxygen atoms in total. The molecule has 0 amide bonds. The molecule has 0 saturated carbocycles. The van der Waals surface area contributed by atoms with Gasteiger partial charge in [-0.05, 0) is 35.9 Å². The third-order valence-corrected chi connectivity index (χ3v) is 4.49. The van der Waals surface area contributed by atoms with Crippen LogP contribution in [0.25, 0.3) is 0 Å². The highest BCUT2D eigenvalue weighted by atomic mass is 35.5. The van der Waals surface area contributed by atoms with Crippen LogP contribution in [0.5, 0.6) is 0 Å². The lowest BCUT2D eigenvalue weighted by atomic mass is 10.2.